The van der Waals surface area contributed by atoms with Gasteiger partial charge in [-0.2, -0.15) is 0 Å². The Morgan fingerprint density at radius 1 is 1.29 bits per heavy atom. The number of pyridine rings is 1. The summed E-state index contributed by atoms with van der Waals surface area (Å²) in [6.07, 6.45) is 8.79. The Bertz CT molecular complexity index is 634. The zero-order valence-corrected chi connectivity index (χ0v) is 12.8. The molecule has 0 unspecified atom stereocenters. The number of amides is 1. The largest absolute Gasteiger partial charge is 0.370 e. The molecule has 1 amide bonds. The van der Waals surface area contributed by atoms with Gasteiger partial charge < -0.3 is 10.2 Å². The van der Waals surface area contributed by atoms with Crippen LogP contribution in [0.2, 0.25) is 0 Å². The van der Waals surface area contributed by atoms with Crippen LogP contribution < -0.4 is 10.2 Å². The van der Waals surface area contributed by atoms with E-state index in [0.717, 1.165) is 29.5 Å². The van der Waals surface area contributed by atoms with E-state index in [1.165, 1.54) is 30.6 Å². The molecule has 0 spiro atoms. The molecule has 1 N–H and O–H groups in total. The van der Waals surface area contributed by atoms with Crippen LogP contribution in [-0.4, -0.2) is 29.0 Å². The standard InChI is InChI=1S/C15H18N4OS/c1-11-17-10-14(21-11)15(20)18-12-9-16-6-5-13(12)19-7-3-2-4-8-19/h5-6,9-10H,2-4,7-8H2,1H3,(H,18,20). The molecule has 5 nitrogen and oxygen atoms in total. The van der Waals surface area contributed by atoms with Crippen LogP contribution >= 0.6 is 11.3 Å². The van der Waals surface area contributed by atoms with Crippen LogP contribution in [0.15, 0.2) is 24.7 Å². The number of carbonyl (C=O) groups is 1. The van der Waals surface area contributed by atoms with Crippen LogP contribution in [-0.2, 0) is 0 Å². The fourth-order valence-corrected chi connectivity index (χ4v) is 3.22. The number of nitrogens with one attached hydrogen (secondary N) is 1. The molecule has 0 bridgehead atoms. The van der Waals surface area contributed by atoms with Crippen LogP contribution in [0, 0.1) is 6.92 Å². The monoisotopic (exact) mass is 302 g/mol. The molecular weight excluding hydrogens is 284 g/mol. The quantitative estimate of drug-likeness (QED) is 0.946. The first kappa shape index (κ1) is 14.0. The van der Waals surface area contributed by atoms with Crippen LogP contribution in [0.3, 0.4) is 0 Å². The molecule has 2 aromatic heterocycles. The second-order valence-electron chi connectivity index (χ2n) is 5.14. The lowest BCUT2D eigenvalue weighted by Gasteiger charge is -2.30. The van der Waals surface area contributed by atoms with Crippen molar-refractivity contribution < 1.29 is 4.79 Å². The summed E-state index contributed by atoms with van der Waals surface area (Å²) >= 11 is 1.40. The van der Waals surface area contributed by atoms with Gasteiger partial charge in [0, 0.05) is 19.3 Å². The maximum atomic E-state index is 12.3. The van der Waals surface area contributed by atoms with E-state index in [4.69, 9.17) is 0 Å². The third-order valence-corrected chi connectivity index (χ3v) is 4.50. The first-order valence-electron chi connectivity index (χ1n) is 7.17. The predicted molar refractivity (Wildman–Crippen MR) is 85.1 cm³/mol. The van der Waals surface area contributed by atoms with Crippen molar-refractivity contribution in [2.75, 3.05) is 23.3 Å². The van der Waals surface area contributed by atoms with E-state index in [-0.39, 0.29) is 5.91 Å². The number of nitrogens with zero attached hydrogens (tertiary/aromatic N) is 3. The second-order valence-corrected chi connectivity index (χ2v) is 6.37. The van der Waals surface area contributed by atoms with Crippen molar-refractivity contribution in [1.29, 1.82) is 0 Å². The Labute approximate surface area is 128 Å². The summed E-state index contributed by atoms with van der Waals surface area (Å²) in [6.45, 7) is 3.96. The molecule has 2 aromatic rings. The normalized spacial score (nSPS) is 15.0. The first-order chi connectivity index (χ1) is 10.2. The van der Waals surface area contributed by atoms with Crippen molar-refractivity contribution in [3.05, 3.63) is 34.5 Å². The van der Waals surface area contributed by atoms with Crippen molar-refractivity contribution in [2.45, 2.75) is 26.2 Å². The van der Waals surface area contributed by atoms with Gasteiger partial charge in [0.1, 0.15) is 4.88 Å². The Kier molecular flexibility index (Phi) is 4.15. The van der Waals surface area contributed by atoms with Gasteiger partial charge in [-0.1, -0.05) is 0 Å². The number of aromatic nitrogens is 2. The van der Waals surface area contributed by atoms with Crippen LogP contribution in [0.4, 0.5) is 11.4 Å². The number of rotatable bonds is 3. The molecule has 3 rings (SSSR count). The minimum absolute atomic E-state index is 0.119. The molecule has 1 aliphatic rings. The Morgan fingerprint density at radius 3 is 2.81 bits per heavy atom. The molecule has 0 aromatic carbocycles. The van der Waals surface area contributed by atoms with Gasteiger partial charge in [0.15, 0.2) is 0 Å². The molecule has 3 heterocycles. The maximum Gasteiger partial charge on any atom is 0.267 e. The van der Waals surface area contributed by atoms with Crippen LogP contribution in [0.25, 0.3) is 0 Å². The minimum atomic E-state index is -0.119. The van der Waals surface area contributed by atoms with Crippen molar-refractivity contribution >= 4 is 28.6 Å². The average Bonchev–Trinajstić information content (AvgIpc) is 2.95. The third kappa shape index (κ3) is 3.21. The minimum Gasteiger partial charge on any atom is -0.370 e. The lowest BCUT2D eigenvalue weighted by Crippen LogP contribution is -2.30. The summed E-state index contributed by atoms with van der Waals surface area (Å²) in [6, 6.07) is 1.97. The summed E-state index contributed by atoms with van der Waals surface area (Å²) in [5.74, 6) is -0.119. The van der Waals surface area contributed by atoms with Gasteiger partial charge in [-0.15, -0.1) is 11.3 Å². The molecule has 6 heteroatoms. The van der Waals surface area contributed by atoms with Crippen LogP contribution in [0.5, 0.6) is 0 Å². The molecule has 1 saturated heterocycles. The number of hydrogen-bond donors (Lipinski definition) is 1. The Hall–Kier alpha value is -1.95. The molecule has 1 aliphatic heterocycles. The van der Waals surface area contributed by atoms with Gasteiger partial charge in [-0.3, -0.25) is 9.78 Å². The number of piperidine rings is 1. The lowest BCUT2D eigenvalue weighted by molar-refractivity contribution is 0.103. The highest BCUT2D eigenvalue weighted by atomic mass is 32.1. The topological polar surface area (TPSA) is 58.1 Å². The maximum absolute atomic E-state index is 12.3. The molecule has 0 radical (unpaired) electrons. The highest BCUT2D eigenvalue weighted by Gasteiger charge is 2.17. The van der Waals surface area contributed by atoms with Crippen molar-refractivity contribution in [1.82, 2.24) is 9.97 Å². The number of carbonyl (C=O) groups excluding carboxylic acids is 1. The molecule has 0 saturated carbocycles. The zero-order valence-electron chi connectivity index (χ0n) is 12.0. The molecule has 1 fully saturated rings. The summed E-state index contributed by atoms with van der Waals surface area (Å²) in [7, 11) is 0. The molecule has 0 aliphatic carbocycles. The number of thiazole rings is 1. The molecule has 110 valence electrons. The van der Waals surface area contributed by atoms with Crippen molar-refractivity contribution in [3.63, 3.8) is 0 Å². The fourth-order valence-electron chi connectivity index (χ4n) is 2.54. The summed E-state index contributed by atoms with van der Waals surface area (Å²) < 4.78 is 0. The smallest absolute Gasteiger partial charge is 0.267 e. The van der Waals surface area contributed by atoms with E-state index in [1.54, 1.807) is 18.6 Å². The summed E-state index contributed by atoms with van der Waals surface area (Å²) in [5, 5.41) is 3.86. The second kappa shape index (κ2) is 6.22. The molecule has 21 heavy (non-hydrogen) atoms. The SMILES string of the molecule is Cc1ncc(C(=O)Nc2cnccc2N2CCCCC2)s1. The van der Waals surface area contributed by atoms with Crippen LogP contribution in [0.1, 0.15) is 33.9 Å². The van der Waals surface area contributed by atoms with E-state index in [9.17, 15) is 4.79 Å². The Morgan fingerprint density at radius 2 is 2.10 bits per heavy atom. The summed E-state index contributed by atoms with van der Waals surface area (Å²) in [4.78, 5) is 23.5. The van der Waals surface area contributed by atoms with Gasteiger partial charge in [0.25, 0.3) is 5.91 Å². The molecular formula is C15H18N4OS. The molecule has 0 atom stereocenters. The van der Waals surface area contributed by atoms with Gasteiger partial charge in [-0.25, -0.2) is 4.98 Å². The van der Waals surface area contributed by atoms with Gasteiger partial charge >= 0.3 is 0 Å². The number of aryl methyl sites for hydroxylation is 1. The fraction of sp³-hybridized carbons (Fsp3) is 0.400. The Balaban J connectivity index is 1.80. The van der Waals surface area contributed by atoms with E-state index in [0.29, 0.717) is 4.88 Å². The van der Waals surface area contributed by atoms with Crippen molar-refractivity contribution in [3.8, 4) is 0 Å². The highest BCUT2D eigenvalue weighted by molar-refractivity contribution is 7.13. The van der Waals surface area contributed by atoms with Crippen molar-refractivity contribution in [2.24, 2.45) is 0 Å². The van der Waals surface area contributed by atoms with Gasteiger partial charge in [-0.05, 0) is 32.3 Å². The summed E-state index contributed by atoms with van der Waals surface area (Å²) in [5.41, 5.74) is 1.83. The predicted octanol–water partition coefficient (Wildman–Crippen LogP) is 3.09. The van der Waals surface area contributed by atoms with E-state index < -0.39 is 0 Å². The first-order valence-corrected chi connectivity index (χ1v) is 7.98. The zero-order chi connectivity index (χ0) is 14.7. The van der Waals surface area contributed by atoms with Gasteiger partial charge in [0.05, 0.1) is 28.8 Å². The van der Waals surface area contributed by atoms with Gasteiger partial charge in [0.2, 0.25) is 0 Å². The van der Waals surface area contributed by atoms with E-state index >= 15 is 0 Å². The lowest BCUT2D eigenvalue weighted by atomic mass is 10.1. The number of anilines is 2. The highest BCUT2D eigenvalue weighted by Crippen LogP contribution is 2.28. The third-order valence-electron chi connectivity index (χ3n) is 3.59. The number of hydrogen-bond acceptors (Lipinski definition) is 5. The average molecular weight is 302 g/mol. The van der Waals surface area contributed by atoms with E-state index in [2.05, 4.69) is 20.2 Å². The van der Waals surface area contributed by atoms with E-state index in [1.807, 2.05) is 13.0 Å².